The van der Waals surface area contributed by atoms with E-state index in [9.17, 15) is 9.59 Å². The molecule has 0 aromatic heterocycles. The number of hydrogen-bond acceptors (Lipinski definition) is 3. The van der Waals surface area contributed by atoms with Crippen LogP contribution in [0.15, 0.2) is 12.2 Å². The van der Waals surface area contributed by atoms with Crippen molar-refractivity contribution >= 4 is 12.3 Å². The molecule has 4 heteroatoms. The summed E-state index contributed by atoms with van der Waals surface area (Å²) < 4.78 is 0. The lowest BCUT2D eigenvalue weighted by Gasteiger charge is -1.84. The zero-order valence-electron chi connectivity index (χ0n) is 7.41. The summed E-state index contributed by atoms with van der Waals surface area (Å²) in [4.78, 5) is 19.0. The summed E-state index contributed by atoms with van der Waals surface area (Å²) in [5.74, 6) is -0.822. The third kappa shape index (κ3) is 23.2. The zero-order valence-corrected chi connectivity index (χ0v) is 7.41. The molecule has 12 heavy (non-hydrogen) atoms. The first kappa shape index (κ1) is 13.4. The minimum Gasteiger partial charge on any atom is -0.480 e. The molecule has 2 N–H and O–H groups in total. The SMILES string of the molecule is CC/C=C/C=O.CNCC(=O)O. The number of hydrogen-bond donors (Lipinski definition) is 2. The van der Waals surface area contributed by atoms with Crippen molar-refractivity contribution in [2.24, 2.45) is 0 Å². The number of likely N-dealkylation sites (N-methyl/N-ethyl adjacent to an activating group) is 1. The van der Waals surface area contributed by atoms with Crippen LogP contribution in [0.25, 0.3) is 0 Å². The highest BCUT2D eigenvalue weighted by molar-refractivity contribution is 5.68. The van der Waals surface area contributed by atoms with Gasteiger partial charge in [0, 0.05) is 0 Å². The molecule has 0 aliphatic heterocycles. The van der Waals surface area contributed by atoms with Crippen LogP contribution >= 0.6 is 0 Å². The fourth-order valence-electron chi connectivity index (χ4n) is 0.343. The van der Waals surface area contributed by atoms with Crippen molar-refractivity contribution in [2.45, 2.75) is 13.3 Å². The Balaban J connectivity index is 0. The lowest BCUT2D eigenvalue weighted by atomic mass is 10.4. The third-order valence-corrected chi connectivity index (χ3v) is 0.778. The van der Waals surface area contributed by atoms with Crippen molar-refractivity contribution in [3.05, 3.63) is 12.2 Å². The lowest BCUT2D eigenvalue weighted by molar-refractivity contribution is -0.135. The van der Waals surface area contributed by atoms with Gasteiger partial charge < -0.3 is 10.4 Å². The minimum atomic E-state index is -0.822. The van der Waals surface area contributed by atoms with Crippen LogP contribution in [-0.4, -0.2) is 31.0 Å². The molecule has 0 saturated heterocycles. The maximum absolute atomic E-state index is 9.54. The molecule has 4 nitrogen and oxygen atoms in total. The molecule has 70 valence electrons. The molecule has 0 atom stereocenters. The summed E-state index contributed by atoms with van der Waals surface area (Å²) in [6.07, 6.45) is 5.04. The smallest absolute Gasteiger partial charge is 0.317 e. The fraction of sp³-hybridized carbons (Fsp3) is 0.500. The van der Waals surface area contributed by atoms with Crippen molar-refractivity contribution in [3.63, 3.8) is 0 Å². The van der Waals surface area contributed by atoms with Gasteiger partial charge in [-0.2, -0.15) is 0 Å². The van der Waals surface area contributed by atoms with E-state index in [1.165, 1.54) is 6.08 Å². The van der Waals surface area contributed by atoms with E-state index in [2.05, 4.69) is 5.32 Å². The molecule has 0 aromatic rings. The number of aliphatic carboxylic acids is 1. The van der Waals surface area contributed by atoms with E-state index in [1.807, 2.05) is 13.0 Å². The van der Waals surface area contributed by atoms with Gasteiger partial charge in [0.2, 0.25) is 0 Å². The standard InChI is InChI=1S/C5H8O.C3H7NO2/c1-2-3-4-5-6;1-4-2-3(5)6/h3-5H,2H2,1H3;4H,2H2,1H3,(H,5,6)/b4-3+;. The number of carbonyl (C=O) groups is 2. The molecule has 0 fully saturated rings. The Kier molecular flexibility index (Phi) is 14.0. The number of carboxylic acid groups (broad SMARTS) is 1. The van der Waals surface area contributed by atoms with Crippen LogP contribution in [0.2, 0.25) is 0 Å². The van der Waals surface area contributed by atoms with Gasteiger partial charge in [0.05, 0.1) is 6.54 Å². The van der Waals surface area contributed by atoms with Gasteiger partial charge in [-0.3, -0.25) is 9.59 Å². The molecule has 0 heterocycles. The summed E-state index contributed by atoms with van der Waals surface area (Å²) in [5.41, 5.74) is 0. The molecule has 0 radical (unpaired) electrons. The number of allylic oxidation sites excluding steroid dienone is 2. The molecular formula is C8H15NO3. The van der Waals surface area contributed by atoms with Gasteiger partial charge in [-0.25, -0.2) is 0 Å². The van der Waals surface area contributed by atoms with Gasteiger partial charge in [0.1, 0.15) is 6.29 Å². The molecule has 0 unspecified atom stereocenters. The van der Waals surface area contributed by atoms with Gasteiger partial charge in [-0.05, 0) is 19.5 Å². The normalized spacial score (nSPS) is 8.83. The Morgan fingerprint density at radius 2 is 2.17 bits per heavy atom. The largest absolute Gasteiger partial charge is 0.480 e. The Hall–Kier alpha value is -1.16. The van der Waals surface area contributed by atoms with Crippen LogP contribution in [0, 0.1) is 0 Å². The summed E-state index contributed by atoms with van der Waals surface area (Å²) in [6, 6.07) is 0. The summed E-state index contributed by atoms with van der Waals surface area (Å²) in [7, 11) is 1.59. The number of nitrogens with one attached hydrogen (secondary N) is 1. The predicted molar refractivity (Wildman–Crippen MR) is 47.1 cm³/mol. The van der Waals surface area contributed by atoms with E-state index >= 15 is 0 Å². The van der Waals surface area contributed by atoms with Crippen LogP contribution in [0.1, 0.15) is 13.3 Å². The number of carboxylic acids is 1. The fourth-order valence-corrected chi connectivity index (χ4v) is 0.343. The molecule has 0 amide bonds. The molecular weight excluding hydrogens is 158 g/mol. The molecule has 0 aliphatic rings. The molecule has 0 bridgehead atoms. The van der Waals surface area contributed by atoms with Gasteiger partial charge in [0.25, 0.3) is 0 Å². The van der Waals surface area contributed by atoms with Crippen molar-refractivity contribution in [3.8, 4) is 0 Å². The molecule has 0 aromatic carbocycles. The van der Waals surface area contributed by atoms with E-state index in [4.69, 9.17) is 5.11 Å². The van der Waals surface area contributed by atoms with Crippen LogP contribution in [0.5, 0.6) is 0 Å². The van der Waals surface area contributed by atoms with Gasteiger partial charge >= 0.3 is 5.97 Å². The molecule has 0 rings (SSSR count). The van der Waals surface area contributed by atoms with Crippen molar-refractivity contribution < 1.29 is 14.7 Å². The van der Waals surface area contributed by atoms with E-state index in [1.54, 1.807) is 7.05 Å². The van der Waals surface area contributed by atoms with E-state index in [-0.39, 0.29) is 6.54 Å². The van der Waals surface area contributed by atoms with E-state index in [0.717, 1.165) is 12.7 Å². The van der Waals surface area contributed by atoms with Crippen molar-refractivity contribution in [1.29, 1.82) is 0 Å². The van der Waals surface area contributed by atoms with Crippen molar-refractivity contribution in [2.75, 3.05) is 13.6 Å². The Morgan fingerprint density at radius 3 is 2.25 bits per heavy atom. The maximum Gasteiger partial charge on any atom is 0.317 e. The van der Waals surface area contributed by atoms with Gasteiger partial charge in [0.15, 0.2) is 0 Å². The first-order chi connectivity index (χ1) is 5.68. The quantitative estimate of drug-likeness (QED) is 0.478. The topological polar surface area (TPSA) is 66.4 Å². The highest BCUT2D eigenvalue weighted by atomic mass is 16.4. The average Bonchev–Trinajstić information content (AvgIpc) is 2.02. The summed E-state index contributed by atoms with van der Waals surface area (Å²) in [5, 5.41) is 10.3. The maximum atomic E-state index is 9.54. The number of rotatable bonds is 4. The Bertz CT molecular complexity index is 143. The summed E-state index contributed by atoms with van der Waals surface area (Å²) in [6.45, 7) is 2.03. The molecule has 0 aliphatic carbocycles. The molecule has 0 saturated carbocycles. The van der Waals surface area contributed by atoms with E-state index in [0.29, 0.717) is 0 Å². The van der Waals surface area contributed by atoms with Crippen LogP contribution in [0.4, 0.5) is 0 Å². The predicted octanol–water partition coefficient (Wildman–Crippen LogP) is 0.442. The van der Waals surface area contributed by atoms with Crippen LogP contribution < -0.4 is 5.32 Å². The number of carbonyl (C=O) groups excluding carboxylic acids is 1. The second kappa shape index (κ2) is 12.5. The van der Waals surface area contributed by atoms with Crippen LogP contribution in [-0.2, 0) is 9.59 Å². The Morgan fingerprint density at radius 1 is 1.58 bits per heavy atom. The second-order valence-corrected chi connectivity index (χ2v) is 1.90. The minimum absolute atomic E-state index is 0.0417. The highest BCUT2D eigenvalue weighted by Gasteiger charge is 1.86. The monoisotopic (exact) mass is 173 g/mol. The summed E-state index contributed by atoms with van der Waals surface area (Å²) >= 11 is 0. The first-order valence-electron chi connectivity index (χ1n) is 3.65. The van der Waals surface area contributed by atoms with Crippen LogP contribution in [0.3, 0.4) is 0 Å². The average molecular weight is 173 g/mol. The first-order valence-corrected chi connectivity index (χ1v) is 3.65. The number of aldehydes is 1. The van der Waals surface area contributed by atoms with Crippen molar-refractivity contribution in [1.82, 2.24) is 5.32 Å². The Labute approximate surface area is 72.3 Å². The van der Waals surface area contributed by atoms with Gasteiger partial charge in [-0.1, -0.05) is 13.0 Å². The van der Waals surface area contributed by atoms with E-state index < -0.39 is 5.97 Å². The molecule has 0 spiro atoms. The second-order valence-electron chi connectivity index (χ2n) is 1.90. The van der Waals surface area contributed by atoms with Gasteiger partial charge in [-0.15, -0.1) is 0 Å². The highest BCUT2D eigenvalue weighted by Crippen LogP contribution is 1.72. The third-order valence-electron chi connectivity index (χ3n) is 0.778. The zero-order chi connectivity index (χ0) is 9.82. The lowest BCUT2D eigenvalue weighted by Crippen LogP contribution is -2.16.